The van der Waals surface area contributed by atoms with Crippen molar-refractivity contribution in [3.63, 3.8) is 0 Å². The molecule has 3 N–H and O–H groups in total. The maximum absolute atomic E-state index is 11.0. The molecule has 2 rings (SSSR count). The standard InChI is InChI=1S/C14H19BrN2O3/c15-10-1-4-13(5-2-10)20-9-12(18)8-16-11-3-6-14(19)17-7-11/h1-2,4-5,11-12,16,18H,3,6-9H2,(H,17,19). The monoisotopic (exact) mass is 342 g/mol. The normalized spacial score (nSPS) is 20.3. The first-order chi connectivity index (χ1) is 9.63. The summed E-state index contributed by atoms with van der Waals surface area (Å²) in [6.45, 7) is 1.32. The van der Waals surface area contributed by atoms with Crippen molar-refractivity contribution in [2.24, 2.45) is 0 Å². The van der Waals surface area contributed by atoms with E-state index < -0.39 is 6.10 Å². The molecule has 1 fully saturated rings. The van der Waals surface area contributed by atoms with E-state index in [0.717, 1.165) is 16.6 Å². The quantitative estimate of drug-likeness (QED) is 0.722. The van der Waals surface area contributed by atoms with E-state index in [1.165, 1.54) is 0 Å². The smallest absolute Gasteiger partial charge is 0.220 e. The number of ether oxygens (including phenoxy) is 1. The van der Waals surface area contributed by atoms with Crippen LogP contribution in [0.2, 0.25) is 0 Å². The van der Waals surface area contributed by atoms with E-state index in [1.54, 1.807) is 0 Å². The minimum Gasteiger partial charge on any atom is -0.491 e. The fraction of sp³-hybridized carbons (Fsp3) is 0.500. The molecule has 0 spiro atoms. The molecule has 0 aromatic heterocycles. The Hall–Kier alpha value is -1.11. The van der Waals surface area contributed by atoms with Crippen LogP contribution in [0.4, 0.5) is 0 Å². The van der Waals surface area contributed by atoms with Gasteiger partial charge in [-0.3, -0.25) is 4.79 Å². The van der Waals surface area contributed by atoms with Gasteiger partial charge >= 0.3 is 0 Å². The van der Waals surface area contributed by atoms with Crippen LogP contribution >= 0.6 is 15.9 Å². The molecule has 20 heavy (non-hydrogen) atoms. The molecule has 0 bridgehead atoms. The third-order valence-electron chi connectivity index (χ3n) is 3.16. The lowest BCUT2D eigenvalue weighted by atomic mass is 10.1. The van der Waals surface area contributed by atoms with Crippen molar-refractivity contribution in [3.05, 3.63) is 28.7 Å². The Balaban J connectivity index is 1.64. The Labute approximate surface area is 126 Å². The average molecular weight is 343 g/mol. The number of carbonyl (C=O) groups is 1. The number of hydrogen-bond donors (Lipinski definition) is 3. The minimum atomic E-state index is -0.573. The van der Waals surface area contributed by atoms with Crippen LogP contribution < -0.4 is 15.4 Å². The second kappa shape index (κ2) is 7.61. The summed E-state index contributed by atoms with van der Waals surface area (Å²) in [5.41, 5.74) is 0. The molecule has 1 aliphatic rings. The zero-order valence-corrected chi connectivity index (χ0v) is 12.7. The number of halogens is 1. The van der Waals surface area contributed by atoms with E-state index in [9.17, 15) is 9.90 Å². The van der Waals surface area contributed by atoms with E-state index >= 15 is 0 Å². The molecule has 2 unspecified atom stereocenters. The largest absolute Gasteiger partial charge is 0.491 e. The van der Waals surface area contributed by atoms with Crippen molar-refractivity contribution in [3.8, 4) is 5.75 Å². The number of benzene rings is 1. The Morgan fingerprint density at radius 2 is 2.20 bits per heavy atom. The lowest BCUT2D eigenvalue weighted by molar-refractivity contribution is -0.122. The van der Waals surface area contributed by atoms with Gasteiger partial charge in [-0.1, -0.05) is 15.9 Å². The SMILES string of the molecule is O=C1CCC(NCC(O)COc2ccc(Br)cc2)CN1. The first-order valence-corrected chi connectivity index (χ1v) is 7.49. The number of carbonyl (C=O) groups excluding carboxylic acids is 1. The number of rotatable bonds is 6. The summed E-state index contributed by atoms with van der Waals surface area (Å²) in [6.07, 6.45) is 0.784. The molecule has 0 radical (unpaired) electrons. The predicted molar refractivity (Wildman–Crippen MR) is 79.7 cm³/mol. The van der Waals surface area contributed by atoms with Gasteiger partial charge in [0.15, 0.2) is 0 Å². The Kier molecular flexibility index (Phi) is 5.82. The van der Waals surface area contributed by atoms with E-state index in [-0.39, 0.29) is 18.6 Å². The summed E-state index contributed by atoms with van der Waals surface area (Å²) >= 11 is 3.35. The van der Waals surface area contributed by atoms with Gasteiger partial charge in [-0.2, -0.15) is 0 Å². The van der Waals surface area contributed by atoms with E-state index in [4.69, 9.17) is 4.74 Å². The fourth-order valence-corrected chi connectivity index (χ4v) is 2.26. The Morgan fingerprint density at radius 1 is 1.45 bits per heavy atom. The number of hydrogen-bond acceptors (Lipinski definition) is 4. The highest BCUT2D eigenvalue weighted by Crippen LogP contribution is 2.16. The Bertz CT molecular complexity index is 429. The fourth-order valence-electron chi connectivity index (χ4n) is 1.99. The minimum absolute atomic E-state index is 0.0992. The van der Waals surface area contributed by atoms with Crippen molar-refractivity contribution >= 4 is 21.8 Å². The molecular weight excluding hydrogens is 324 g/mol. The van der Waals surface area contributed by atoms with Crippen LogP contribution in [0, 0.1) is 0 Å². The van der Waals surface area contributed by atoms with Crippen molar-refractivity contribution in [1.82, 2.24) is 10.6 Å². The zero-order valence-electron chi connectivity index (χ0n) is 11.1. The number of nitrogens with one attached hydrogen (secondary N) is 2. The van der Waals surface area contributed by atoms with Crippen LogP contribution in [0.1, 0.15) is 12.8 Å². The molecule has 1 heterocycles. The lowest BCUT2D eigenvalue weighted by Crippen LogP contribution is -2.48. The van der Waals surface area contributed by atoms with Crippen molar-refractivity contribution in [2.45, 2.75) is 25.0 Å². The maximum Gasteiger partial charge on any atom is 0.220 e. The van der Waals surface area contributed by atoms with Crippen LogP contribution in [-0.2, 0) is 4.79 Å². The van der Waals surface area contributed by atoms with Gasteiger partial charge in [0, 0.05) is 30.0 Å². The van der Waals surface area contributed by atoms with Crippen LogP contribution in [-0.4, -0.2) is 42.9 Å². The van der Waals surface area contributed by atoms with Gasteiger partial charge in [-0.25, -0.2) is 0 Å². The molecule has 5 nitrogen and oxygen atoms in total. The first kappa shape index (κ1) is 15.3. The zero-order chi connectivity index (χ0) is 14.4. The van der Waals surface area contributed by atoms with Crippen molar-refractivity contribution < 1.29 is 14.6 Å². The molecule has 0 saturated carbocycles. The molecule has 6 heteroatoms. The summed E-state index contributed by atoms with van der Waals surface area (Å²) in [6, 6.07) is 7.71. The molecule has 110 valence electrons. The topological polar surface area (TPSA) is 70.6 Å². The summed E-state index contributed by atoms with van der Waals surface area (Å²) in [4.78, 5) is 11.0. The molecule has 1 aromatic carbocycles. The van der Waals surface area contributed by atoms with Gasteiger partial charge in [0.25, 0.3) is 0 Å². The highest BCUT2D eigenvalue weighted by atomic mass is 79.9. The number of amides is 1. The van der Waals surface area contributed by atoms with E-state index in [0.29, 0.717) is 19.5 Å². The molecule has 0 aliphatic carbocycles. The summed E-state index contributed by atoms with van der Waals surface area (Å²) in [5, 5.41) is 15.9. The van der Waals surface area contributed by atoms with Gasteiger partial charge in [-0.15, -0.1) is 0 Å². The third-order valence-corrected chi connectivity index (χ3v) is 3.69. The second-order valence-corrected chi connectivity index (χ2v) is 5.78. The summed E-state index contributed by atoms with van der Waals surface area (Å²) < 4.78 is 6.49. The highest BCUT2D eigenvalue weighted by molar-refractivity contribution is 9.10. The molecule has 1 saturated heterocycles. The third kappa shape index (κ3) is 5.11. The van der Waals surface area contributed by atoms with Gasteiger partial charge in [0.1, 0.15) is 18.5 Å². The molecule has 1 amide bonds. The van der Waals surface area contributed by atoms with E-state index in [1.807, 2.05) is 24.3 Å². The van der Waals surface area contributed by atoms with E-state index in [2.05, 4.69) is 26.6 Å². The molecular formula is C14H19BrN2O3. The van der Waals surface area contributed by atoms with Gasteiger partial charge < -0.3 is 20.5 Å². The number of aliphatic hydroxyl groups is 1. The maximum atomic E-state index is 11.0. The van der Waals surface area contributed by atoms with Gasteiger partial charge in [0.2, 0.25) is 5.91 Å². The number of piperidine rings is 1. The predicted octanol–water partition coefficient (Wildman–Crippen LogP) is 1.06. The van der Waals surface area contributed by atoms with Crippen LogP contribution in [0.5, 0.6) is 5.75 Å². The van der Waals surface area contributed by atoms with Gasteiger partial charge in [0.05, 0.1) is 0 Å². The summed E-state index contributed by atoms with van der Waals surface area (Å²) in [7, 11) is 0. The highest BCUT2D eigenvalue weighted by Gasteiger charge is 2.18. The lowest BCUT2D eigenvalue weighted by Gasteiger charge is -2.24. The summed E-state index contributed by atoms with van der Waals surface area (Å²) in [5.74, 6) is 0.833. The average Bonchev–Trinajstić information content (AvgIpc) is 2.46. The first-order valence-electron chi connectivity index (χ1n) is 6.70. The van der Waals surface area contributed by atoms with Crippen LogP contribution in [0.15, 0.2) is 28.7 Å². The Morgan fingerprint density at radius 3 is 2.85 bits per heavy atom. The molecule has 1 aromatic rings. The van der Waals surface area contributed by atoms with Crippen molar-refractivity contribution in [2.75, 3.05) is 19.7 Å². The molecule has 2 atom stereocenters. The van der Waals surface area contributed by atoms with Crippen molar-refractivity contribution in [1.29, 1.82) is 0 Å². The molecule has 1 aliphatic heterocycles. The second-order valence-electron chi connectivity index (χ2n) is 4.87. The van der Waals surface area contributed by atoms with Gasteiger partial charge in [-0.05, 0) is 30.7 Å². The van der Waals surface area contributed by atoms with Crippen LogP contribution in [0.3, 0.4) is 0 Å². The van der Waals surface area contributed by atoms with Crippen LogP contribution in [0.25, 0.3) is 0 Å². The number of aliphatic hydroxyl groups excluding tert-OH is 1.